The highest BCUT2D eigenvalue weighted by molar-refractivity contribution is 7.10. The van der Waals surface area contributed by atoms with Gasteiger partial charge in [0.2, 0.25) is 0 Å². The highest BCUT2D eigenvalue weighted by Gasteiger charge is 2.16. The molecule has 0 fully saturated rings. The second kappa shape index (κ2) is 8.49. The molecule has 3 aromatic heterocycles. The van der Waals surface area contributed by atoms with Gasteiger partial charge in [-0.05, 0) is 42.5 Å². The van der Waals surface area contributed by atoms with E-state index in [1.807, 2.05) is 40.1 Å². The summed E-state index contributed by atoms with van der Waals surface area (Å²) in [5, 5.41) is 17.4. The predicted molar refractivity (Wildman–Crippen MR) is 109 cm³/mol. The van der Waals surface area contributed by atoms with E-state index in [1.54, 1.807) is 4.88 Å². The molecule has 0 saturated carbocycles. The first-order chi connectivity index (χ1) is 13.3. The Hall–Kier alpha value is -2.45. The molecule has 4 rings (SSSR count). The van der Waals surface area contributed by atoms with E-state index in [2.05, 4.69) is 49.1 Å². The van der Waals surface area contributed by atoms with Crippen molar-refractivity contribution in [3.63, 3.8) is 0 Å². The standard InChI is InChI=1S/C19H25N7S/c1-2-20-19(22-13-18-24-23-17-5-3-4-9-26(17)18)21-8-11-25-10-6-16-15(14-25)7-12-27-16/h3-5,7,9,12H,2,6,8,10-11,13-14H2,1H3,(H2,20,21,22). The van der Waals surface area contributed by atoms with Gasteiger partial charge in [0.1, 0.15) is 6.54 Å². The number of thiophene rings is 1. The molecule has 0 radical (unpaired) electrons. The van der Waals surface area contributed by atoms with E-state index in [0.29, 0.717) is 6.54 Å². The van der Waals surface area contributed by atoms with Gasteiger partial charge in [0.05, 0.1) is 0 Å². The lowest BCUT2D eigenvalue weighted by Gasteiger charge is -2.27. The average Bonchev–Trinajstić information content (AvgIpc) is 3.32. The smallest absolute Gasteiger partial charge is 0.191 e. The van der Waals surface area contributed by atoms with Crippen molar-refractivity contribution in [1.82, 2.24) is 30.1 Å². The molecule has 1 aliphatic rings. The normalized spacial score (nSPS) is 15.1. The maximum absolute atomic E-state index is 4.67. The minimum absolute atomic E-state index is 0.489. The van der Waals surface area contributed by atoms with Crippen molar-refractivity contribution in [3.8, 4) is 0 Å². The zero-order valence-corrected chi connectivity index (χ0v) is 16.4. The maximum Gasteiger partial charge on any atom is 0.191 e. The molecule has 4 heterocycles. The fourth-order valence-electron chi connectivity index (χ4n) is 3.32. The van der Waals surface area contributed by atoms with Crippen LogP contribution in [0, 0.1) is 0 Å². The quantitative estimate of drug-likeness (QED) is 0.503. The molecule has 0 amide bonds. The minimum atomic E-state index is 0.489. The molecule has 0 aliphatic carbocycles. The number of hydrogen-bond acceptors (Lipinski definition) is 5. The van der Waals surface area contributed by atoms with E-state index in [-0.39, 0.29) is 0 Å². The van der Waals surface area contributed by atoms with Gasteiger partial charge in [-0.25, -0.2) is 4.99 Å². The minimum Gasteiger partial charge on any atom is -0.357 e. The summed E-state index contributed by atoms with van der Waals surface area (Å²) >= 11 is 1.88. The molecule has 2 N–H and O–H groups in total. The summed E-state index contributed by atoms with van der Waals surface area (Å²) in [5.41, 5.74) is 2.34. The van der Waals surface area contributed by atoms with Crippen LogP contribution in [-0.4, -0.2) is 51.6 Å². The van der Waals surface area contributed by atoms with Gasteiger partial charge in [0.25, 0.3) is 0 Å². The van der Waals surface area contributed by atoms with E-state index < -0.39 is 0 Å². The van der Waals surface area contributed by atoms with Crippen LogP contribution in [0.5, 0.6) is 0 Å². The SMILES string of the molecule is CCNC(=NCc1nnc2ccccn12)NCCN1CCc2sccc2C1. The molecule has 27 heavy (non-hydrogen) atoms. The average molecular weight is 384 g/mol. The third-order valence-corrected chi connectivity index (χ3v) is 5.74. The fourth-order valence-corrected chi connectivity index (χ4v) is 4.21. The molecule has 7 nitrogen and oxygen atoms in total. The zero-order valence-electron chi connectivity index (χ0n) is 15.6. The van der Waals surface area contributed by atoms with Gasteiger partial charge in [-0.1, -0.05) is 6.07 Å². The molecule has 0 spiro atoms. The van der Waals surface area contributed by atoms with Gasteiger partial charge in [0.15, 0.2) is 17.4 Å². The van der Waals surface area contributed by atoms with E-state index in [9.17, 15) is 0 Å². The van der Waals surface area contributed by atoms with E-state index in [1.165, 1.54) is 12.0 Å². The number of aliphatic imine (C=N–C) groups is 1. The number of pyridine rings is 1. The molecule has 0 unspecified atom stereocenters. The van der Waals surface area contributed by atoms with Crippen LogP contribution < -0.4 is 10.6 Å². The molecular formula is C19H25N7S. The third kappa shape index (κ3) is 4.28. The lowest BCUT2D eigenvalue weighted by molar-refractivity contribution is 0.260. The number of nitrogens with zero attached hydrogens (tertiary/aromatic N) is 5. The van der Waals surface area contributed by atoms with E-state index in [4.69, 9.17) is 0 Å². The van der Waals surface area contributed by atoms with Crippen LogP contribution in [0.3, 0.4) is 0 Å². The largest absolute Gasteiger partial charge is 0.357 e. The summed E-state index contributed by atoms with van der Waals surface area (Å²) in [6.07, 6.45) is 3.14. The molecule has 0 saturated heterocycles. The lowest BCUT2D eigenvalue weighted by atomic mass is 10.1. The van der Waals surface area contributed by atoms with Crippen molar-refractivity contribution in [3.05, 3.63) is 52.1 Å². The molecule has 8 heteroatoms. The topological polar surface area (TPSA) is 69.8 Å². The summed E-state index contributed by atoms with van der Waals surface area (Å²) in [7, 11) is 0. The highest BCUT2D eigenvalue weighted by atomic mass is 32.1. The predicted octanol–water partition coefficient (Wildman–Crippen LogP) is 1.90. The second-order valence-electron chi connectivity index (χ2n) is 6.56. The van der Waals surface area contributed by atoms with Crippen LogP contribution in [0.4, 0.5) is 0 Å². The Morgan fingerprint density at radius 1 is 1.26 bits per heavy atom. The van der Waals surface area contributed by atoms with Gasteiger partial charge >= 0.3 is 0 Å². The van der Waals surface area contributed by atoms with Gasteiger partial charge in [-0.15, -0.1) is 21.5 Å². The van der Waals surface area contributed by atoms with Gasteiger partial charge in [0, 0.05) is 43.8 Å². The van der Waals surface area contributed by atoms with Crippen molar-refractivity contribution in [2.45, 2.75) is 26.4 Å². The monoisotopic (exact) mass is 383 g/mol. The summed E-state index contributed by atoms with van der Waals surface area (Å²) < 4.78 is 1.97. The van der Waals surface area contributed by atoms with Gasteiger partial charge in [-0.3, -0.25) is 9.30 Å². The molecule has 142 valence electrons. The molecule has 0 atom stereocenters. The number of guanidine groups is 1. The Kier molecular flexibility index (Phi) is 5.64. The Bertz CT molecular complexity index is 914. The first-order valence-electron chi connectivity index (χ1n) is 9.42. The molecular weight excluding hydrogens is 358 g/mol. The first kappa shape index (κ1) is 17.9. The van der Waals surface area contributed by atoms with Crippen LogP contribution in [0.2, 0.25) is 0 Å². The Balaban J connectivity index is 1.32. The van der Waals surface area contributed by atoms with Crippen molar-refractivity contribution < 1.29 is 0 Å². The number of fused-ring (bicyclic) bond motifs is 2. The maximum atomic E-state index is 4.67. The summed E-state index contributed by atoms with van der Waals surface area (Å²) in [6.45, 7) is 7.46. The summed E-state index contributed by atoms with van der Waals surface area (Å²) in [6, 6.07) is 8.14. The van der Waals surface area contributed by atoms with Gasteiger partial charge < -0.3 is 10.6 Å². The van der Waals surface area contributed by atoms with E-state index >= 15 is 0 Å². The molecule has 0 aromatic carbocycles. The molecule has 1 aliphatic heterocycles. The van der Waals surface area contributed by atoms with Crippen LogP contribution in [-0.2, 0) is 19.5 Å². The van der Waals surface area contributed by atoms with Crippen LogP contribution in [0.15, 0.2) is 40.8 Å². The van der Waals surface area contributed by atoms with Crippen molar-refractivity contribution in [1.29, 1.82) is 0 Å². The van der Waals surface area contributed by atoms with Crippen LogP contribution >= 0.6 is 11.3 Å². The fraction of sp³-hybridized carbons (Fsp3) is 0.421. The van der Waals surface area contributed by atoms with Crippen molar-refractivity contribution in [2.75, 3.05) is 26.2 Å². The first-order valence-corrected chi connectivity index (χ1v) is 10.3. The number of aromatic nitrogens is 3. The Morgan fingerprint density at radius 3 is 3.15 bits per heavy atom. The summed E-state index contributed by atoms with van der Waals surface area (Å²) in [5.74, 6) is 1.65. The van der Waals surface area contributed by atoms with Gasteiger partial charge in [-0.2, -0.15) is 0 Å². The zero-order chi connectivity index (χ0) is 18.5. The Labute approximate surface area is 163 Å². The number of nitrogens with one attached hydrogen (secondary N) is 2. The second-order valence-corrected chi connectivity index (χ2v) is 7.56. The van der Waals surface area contributed by atoms with Crippen LogP contribution in [0.25, 0.3) is 5.65 Å². The van der Waals surface area contributed by atoms with Crippen molar-refractivity contribution in [2.24, 2.45) is 4.99 Å². The third-order valence-electron chi connectivity index (χ3n) is 4.71. The summed E-state index contributed by atoms with van der Waals surface area (Å²) in [4.78, 5) is 8.72. The number of hydrogen-bond donors (Lipinski definition) is 2. The Morgan fingerprint density at radius 2 is 2.22 bits per heavy atom. The van der Waals surface area contributed by atoms with E-state index in [0.717, 1.165) is 50.2 Å². The van der Waals surface area contributed by atoms with Crippen LogP contribution in [0.1, 0.15) is 23.2 Å². The number of rotatable bonds is 6. The molecule has 0 bridgehead atoms. The lowest BCUT2D eigenvalue weighted by Crippen LogP contribution is -2.42. The molecule has 3 aromatic rings. The van der Waals surface area contributed by atoms with Crippen molar-refractivity contribution >= 4 is 22.9 Å². The highest BCUT2D eigenvalue weighted by Crippen LogP contribution is 2.23.